The number of furan rings is 1. The topological polar surface area (TPSA) is 39.4 Å². The molecule has 2 aromatic rings. The Morgan fingerprint density at radius 3 is 2.78 bits per heavy atom. The first-order chi connectivity index (χ1) is 8.58. The van der Waals surface area contributed by atoms with Gasteiger partial charge in [0.05, 0.1) is 18.4 Å². The lowest BCUT2D eigenvalue weighted by Gasteiger charge is -2.15. The molecule has 0 spiro atoms. The molecule has 0 fully saturated rings. The highest BCUT2D eigenvalue weighted by Crippen LogP contribution is 2.38. The molecule has 3 rings (SSSR count). The fourth-order valence-electron chi connectivity index (χ4n) is 2.22. The average Bonchev–Trinajstić information content (AvgIpc) is 2.97. The molecule has 0 aliphatic carbocycles. The summed E-state index contributed by atoms with van der Waals surface area (Å²) < 4.78 is 10.6. The molecule has 3 heteroatoms. The summed E-state index contributed by atoms with van der Waals surface area (Å²) >= 11 is 0. The van der Waals surface area contributed by atoms with E-state index in [4.69, 9.17) is 9.15 Å². The van der Waals surface area contributed by atoms with Crippen molar-refractivity contribution < 1.29 is 13.9 Å². The second-order valence-electron chi connectivity index (χ2n) is 5.22. The Bertz CT molecular complexity index is 594. The summed E-state index contributed by atoms with van der Waals surface area (Å²) in [5.41, 5.74) is 2.31. The van der Waals surface area contributed by atoms with Crippen LogP contribution in [0.25, 0.3) is 0 Å². The summed E-state index contributed by atoms with van der Waals surface area (Å²) in [4.78, 5) is 12.2. The second kappa shape index (κ2) is 3.73. The van der Waals surface area contributed by atoms with Crippen LogP contribution >= 0.6 is 0 Å². The summed E-state index contributed by atoms with van der Waals surface area (Å²) in [5, 5.41) is 0. The Labute approximate surface area is 105 Å². The monoisotopic (exact) mass is 242 g/mol. The predicted octanol–water partition coefficient (Wildman–Crippen LogP) is 3.18. The van der Waals surface area contributed by atoms with E-state index in [0.29, 0.717) is 17.7 Å². The van der Waals surface area contributed by atoms with E-state index in [2.05, 4.69) is 13.8 Å². The molecule has 1 aliphatic heterocycles. The molecule has 18 heavy (non-hydrogen) atoms. The van der Waals surface area contributed by atoms with Gasteiger partial charge in [-0.1, -0.05) is 13.8 Å². The Morgan fingerprint density at radius 1 is 1.22 bits per heavy atom. The first-order valence-corrected chi connectivity index (χ1v) is 5.92. The minimum absolute atomic E-state index is 0.0192. The van der Waals surface area contributed by atoms with Gasteiger partial charge in [-0.05, 0) is 24.3 Å². The van der Waals surface area contributed by atoms with Crippen molar-refractivity contribution in [2.75, 3.05) is 6.61 Å². The highest BCUT2D eigenvalue weighted by Gasteiger charge is 2.32. The van der Waals surface area contributed by atoms with Crippen molar-refractivity contribution in [3.05, 3.63) is 53.5 Å². The van der Waals surface area contributed by atoms with Crippen LogP contribution < -0.4 is 4.74 Å². The zero-order chi connectivity index (χ0) is 12.8. The zero-order valence-corrected chi connectivity index (χ0v) is 10.4. The molecule has 0 radical (unpaired) electrons. The van der Waals surface area contributed by atoms with Crippen LogP contribution in [0.2, 0.25) is 0 Å². The number of benzene rings is 1. The van der Waals surface area contributed by atoms with Crippen LogP contribution in [0.5, 0.6) is 5.75 Å². The van der Waals surface area contributed by atoms with E-state index >= 15 is 0 Å². The number of hydrogen-bond donors (Lipinski definition) is 0. The molecular formula is C15H14O3. The van der Waals surface area contributed by atoms with Gasteiger partial charge in [0.25, 0.3) is 0 Å². The minimum atomic E-state index is -0.0397. The largest absolute Gasteiger partial charge is 0.492 e. The van der Waals surface area contributed by atoms with E-state index in [-0.39, 0.29) is 11.2 Å². The van der Waals surface area contributed by atoms with Crippen LogP contribution in [0, 0.1) is 0 Å². The first kappa shape index (κ1) is 11.1. The molecule has 1 aromatic carbocycles. The lowest BCUT2D eigenvalue weighted by atomic mass is 9.85. The van der Waals surface area contributed by atoms with Crippen LogP contribution in [0.3, 0.4) is 0 Å². The van der Waals surface area contributed by atoms with Crippen molar-refractivity contribution in [2.24, 2.45) is 0 Å². The Morgan fingerprint density at radius 2 is 2.06 bits per heavy atom. The van der Waals surface area contributed by atoms with Crippen LogP contribution in [0.15, 0.2) is 41.2 Å². The van der Waals surface area contributed by atoms with Gasteiger partial charge >= 0.3 is 0 Å². The van der Waals surface area contributed by atoms with Gasteiger partial charge in [-0.3, -0.25) is 4.79 Å². The molecule has 2 heterocycles. The molecule has 0 bridgehead atoms. The molecule has 1 aliphatic rings. The number of carbonyl (C=O) groups excluding carboxylic acids is 1. The molecule has 0 saturated carbocycles. The summed E-state index contributed by atoms with van der Waals surface area (Å²) in [7, 11) is 0. The third-order valence-corrected chi connectivity index (χ3v) is 3.34. The van der Waals surface area contributed by atoms with Gasteiger partial charge in [0, 0.05) is 16.5 Å². The molecule has 1 aromatic heterocycles. The van der Waals surface area contributed by atoms with Crippen LogP contribution in [-0.2, 0) is 5.41 Å². The van der Waals surface area contributed by atoms with Crippen molar-refractivity contribution in [2.45, 2.75) is 19.3 Å². The molecule has 0 saturated heterocycles. The van der Waals surface area contributed by atoms with E-state index in [9.17, 15) is 4.79 Å². The summed E-state index contributed by atoms with van der Waals surface area (Å²) in [5.74, 6) is 0.859. The highest BCUT2D eigenvalue weighted by molar-refractivity contribution is 6.09. The van der Waals surface area contributed by atoms with E-state index < -0.39 is 0 Å². The first-order valence-electron chi connectivity index (χ1n) is 5.92. The van der Waals surface area contributed by atoms with Gasteiger partial charge in [0.15, 0.2) is 5.78 Å². The quantitative estimate of drug-likeness (QED) is 0.759. The average molecular weight is 242 g/mol. The number of rotatable bonds is 2. The lowest BCUT2D eigenvalue weighted by molar-refractivity contribution is 0.103. The van der Waals surface area contributed by atoms with E-state index in [1.54, 1.807) is 12.1 Å². The minimum Gasteiger partial charge on any atom is -0.492 e. The van der Waals surface area contributed by atoms with E-state index in [0.717, 1.165) is 11.3 Å². The Hall–Kier alpha value is -2.03. The summed E-state index contributed by atoms with van der Waals surface area (Å²) in [6.07, 6.45) is 2.98. The fourth-order valence-corrected chi connectivity index (χ4v) is 2.22. The van der Waals surface area contributed by atoms with Crippen LogP contribution in [0.1, 0.15) is 35.3 Å². The molecule has 3 nitrogen and oxygen atoms in total. The maximum atomic E-state index is 12.2. The Kier molecular flexibility index (Phi) is 2.30. The zero-order valence-electron chi connectivity index (χ0n) is 10.4. The molecular weight excluding hydrogens is 228 g/mol. The third kappa shape index (κ3) is 1.63. The predicted molar refractivity (Wildman–Crippen MR) is 67.1 cm³/mol. The highest BCUT2D eigenvalue weighted by atomic mass is 16.5. The van der Waals surface area contributed by atoms with Crippen molar-refractivity contribution in [3.63, 3.8) is 0 Å². The fraction of sp³-hybridized carbons (Fsp3) is 0.267. The number of carbonyl (C=O) groups is 1. The van der Waals surface area contributed by atoms with Crippen LogP contribution in [-0.4, -0.2) is 12.4 Å². The number of ether oxygens (including phenoxy) is 1. The molecule has 92 valence electrons. The van der Waals surface area contributed by atoms with E-state index in [1.165, 1.54) is 12.5 Å². The lowest BCUT2D eigenvalue weighted by Crippen LogP contribution is -2.18. The van der Waals surface area contributed by atoms with Crippen molar-refractivity contribution in [3.8, 4) is 5.75 Å². The normalized spacial score (nSPS) is 16.1. The van der Waals surface area contributed by atoms with Crippen LogP contribution in [0.4, 0.5) is 0 Å². The molecule has 0 atom stereocenters. The van der Waals surface area contributed by atoms with Crippen molar-refractivity contribution in [1.82, 2.24) is 0 Å². The van der Waals surface area contributed by atoms with Gasteiger partial charge < -0.3 is 9.15 Å². The SMILES string of the molecule is CC1(C)COc2ccc(C(=O)c3ccoc3)cc21. The number of ketones is 1. The molecule has 0 amide bonds. The number of hydrogen-bond acceptors (Lipinski definition) is 3. The molecule has 0 unspecified atom stereocenters. The molecule has 0 N–H and O–H groups in total. The summed E-state index contributed by atoms with van der Waals surface area (Å²) in [6, 6.07) is 7.28. The second-order valence-corrected chi connectivity index (χ2v) is 5.22. The Balaban J connectivity index is 2.03. The number of fused-ring (bicyclic) bond motifs is 1. The standard InChI is InChI=1S/C15H14O3/c1-15(2)9-18-13-4-3-10(7-12(13)15)14(16)11-5-6-17-8-11/h3-8H,9H2,1-2H3. The van der Waals surface area contributed by atoms with Gasteiger partial charge in [-0.2, -0.15) is 0 Å². The summed E-state index contributed by atoms with van der Waals surface area (Å²) in [6.45, 7) is 4.89. The van der Waals surface area contributed by atoms with Gasteiger partial charge in [-0.25, -0.2) is 0 Å². The smallest absolute Gasteiger partial charge is 0.196 e. The van der Waals surface area contributed by atoms with E-state index in [1.807, 2.05) is 12.1 Å². The maximum Gasteiger partial charge on any atom is 0.196 e. The van der Waals surface area contributed by atoms with Gasteiger partial charge in [-0.15, -0.1) is 0 Å². The van der Waals surface area contributed by atoms with Crippen molar-refractivity contribution >= 4 is 5.78 Å². The maximum absolute atomic E-state index is 12.2. The van der Waals surface area contributed by atoms with Gasteiger partial charge in [0.1, 0.15) is 12.0 Å². The van der Waals surface area contributed by atoms with Crippen molar-refractivity contribution in [1.29, 1.82) is 0 Å². The van der Waals surface area contributed by atoms with Gasteiger partial charge in [0.2, 0.25) is 0 Å². The third-order valence-electron chi connectivity index (χ3n) is 3.34.